The van der Waals surface area contributed by atoms with Crippen molar-refractivity contribution in [3.63, 3.8) is 0 Å². The van der Waals surface area contributed by atoms with Crippen LogP contribution in [-0.2, 0) is 0 Å². The summed E-state index contributed by atoms with van der Waals surface area (Å²) in [6.45, 7) is 2.13. The normalized spacial score (nSPS) is 6.83. The summed E-state index contributed by atoms with van der Waals surface area (Å²) in [5.74, 6) is 0. The van der Waals surface area contributed by atoms with Crippen LogP contribution in [0, 0.1) is 0 Å². The molecule has 0 saturated heterocycles. The van der Waals surface area contributed by atoms with Crippen LogP contribution in [0.5, 0.6) is 0 Å². The van der Waals surface area contributed by atoms with E-state index in [-0.39, 0.29) is 52.8 Å². The maximum atomic E-state index is 5.14. The van der Waals surface area contributed by atoms with E-state index in [9.17, 15) is 0 Å². The molecule has 0 amide bonds. The van der Waals surface area contributed by atoms with E-state index in [1.54, 1.807) is 0 Å². The molecule has 0 aliphatic heterocycles. The van der Waals surface area contributed by atoms with Crippen molar-refractivity contribution in [2.75, 3.05) is 0 Å². The molecule has 0 bridgehead atoms. The molecule has 0 rings (SSSR count). The van der Waals surface area contributed by atoms with Crippen LogP contribution in [0.15, 0.2) is 0 Å². The standard InChI is InChI=1S/C4H9B.K.H/c1-2-3-4-5;;/h2-4H2,1H3;;/q;+1;-1. The second-order valence-corrected chi connectivity index (χ2v) is 1.14. The van der Waals surface area contributed by atoms with E-state index < -0.39 is 0 Å². The third-order valence-corrected chi connectivity index (χ3v) is 0.558. The molecule has 0 saturated carbocycles. The summed E-state index contributed by atoms with van der Waals surface area (Å²) < 4.78 is 0. The van der Waals surface area contributed by atoms with Crippen molar-refractivity contribution in [2.24, 2.45) is 0 Å². The van der Waals surface area contributed by atoms with Crippen molar-refractivity contribution in [3.8, 4) is 0 Å². The van der Waals surface area contributed by atoms with Crippen LogP contribution < -0.4 is 51.4 Å². The Bertz CT molecular complexity index is 19.2. The molecule has 0 aliphatic rings. The first-order valence-electron chi connectivity index (χ1n) is 2.12. The Morgan fingerprint density at radius 2 is 2.17 bits per heavy atom. The summed E-state index contributed by atoms with van der Waals surface area (Å²) in [4.78, 5) is 0. The first-order chi connectivity index (χ1) is 2.41. The second-order valence-electron chi connectivity index (χ2n) is 1.14. The van der Waals surface area contributed by atoms with Gasteiger partial charge in [0.2, 0.25) is 0 Å². The number of hydrogen-bond donors (Lipinski definition) is 0. The van der Waals surface area contributed by atoms with Gasteiger partial charge in [0.15, 0.2) is 0 Å². The fourth-order valence-corrected chi connectivity index (χ4v) is 0.204. The summed E-state index contributed by atoms with van der Waals surface area (Å²) in [6.07, 6.45) is 3.23. The summed E-state index contributed by atoms with van der Waals surface area (Å²) >= 11 is 0. The Hall–Kier alpha value is 1.70. The average molecular weight is 108 g/mol. The topological polar surface area (TPSA) is 0 Å². The molecule has 0 aromatic heterocycles. The predicted molar refractivity (Wildman–Crippen MR) is 26.6 cm³/mol. The Labute approximate surface area is 85.4 Å². The summed E-state index contributed by atoms with van der Waals surface area (Å²) in [7, 11) is 5.14. The van der Waals surface area contributed by atoms with Crippen molar-refractivity contribution in [1.29, 1.82) is 0 Å². The predicted octanol–water partition coefficient (Wildman–Crippen LogP) is -1.51. The van der Waals surface area contributed by atoms with Gasteiger partial charge in [0.05, 0.1) is 7.85 Å². The summed E-state index contributed by atoms with van der Waals surface area (Å²) in [5, 5.41) is 0. The van der Waals surface area contributed by atoms with E-state index >= 15 is 0 Å². The van der Waals surface area contributed by atoms with E-state index in [2.05, 4.69) is 6.92 Å². The van der Waals surface area contributed by atoms with Crippen LogP contribution >= 0.6 is 0 Å². The molecule has 0 aromatic rings. The smallest absolute Gasteiger partial charge is 1.00 e. The molecule has 0 N–H and O–H groups in total. The zero-order valence-electron chi connectivity index (χ0n) is 5.70. The SMILES string of the molecule is [B]CCCC.[H-].[K+]. The van der Waals surface area contributed by atoms with Gasteiger partial charge in [-0.25, -0.2) is 0 Å². The van der Waals surface area contributed by atoms with E-state index in [4.69, 9.17) is 7.85 Å². The van der Waals surface area contributed by atoms with Crippen molar-refractivity contribution in [2.45, 2.75) is 26.1 Å². The molecule has 6 heavy (non-hydrogen) atoms. The van der Waals surface area contributed by atoms with Crippen LogP contribution in [-0.4, -0.2) is 7.85 Å². The maximum Gasteiger partial charge on any atom is 1.00 e. The Balaban J connectivity index is -0.0000000800. The number of hydrogen-bond acceptors (Lipinski definition) is 0. The zero-order valence-corrected chi connectivity index (χ0v) is 7.82. The minimum atomic E-state index is 0. The van der Waals surface area contributed by atoms with Gasteiger partial charge in [-0.05, 0) is 0 Å². The molecular weight excluding hydrogens is 98.0 g/mol. The van der Waals surface area contributed by atoms with Crippen LogP contribution in [0.4, 0.5) is 0 Å². The second kappa shape index (κ2) is 9.86. The van der Waals surface area contributed by atoms with Gasteiger partial charge in [0, 0.05) is 0 Å². The van der Waals surface area contributed by atoms with Crippen molar-refractivity contribution < 1.29 is 52.8 Å². The molecule has 2 heteroatoms. The summed E-state index contributed by atoms with van der Waals surface area (Å²) in [5.41, 5.74) is 0. The molecule has 2 radical (unpaired) electrons. The van der Waals surface area contributed by atoms with Gasteiger partial charge in [-0.1, -0.05) is 26.1 Å². The molecule has 0 nitrogen and oxygen atoms in total. The zero-order chi connectivity index (χ0) is 4.12. The molecule has 30 valence electrons. The van der Waals surface area contributed by atoms with Crippen LogP contribution in [0.3, 0.4) is 0 Å². The minimum absolute atomic E-state index is 0. The molecule has 0 spiro atoms. The third kappa shape index (κ3) is 9.20. The van der Waals surface area contributed by atoms with Gasteiger partial charge >= 0.3 is 51.4 Å². The average Bonchev–Trinajstić information content (AvgIpc) is 1.41. The summed E-state index contributed by atoms with van der Waals surface area (Å²) in [6, 6.07) is 0. The Morgan fingerprint density at radius 3 is 2.17 bits per heavy atom. The maximum absolute atomic E-state index is 5.14. The van der Waals surface area contributed by atoms with Gasteiger partial charge in [0.1, 0.15) is 0 Å². The monoisotopic (exact) mass is 108 g/mol. The van der Waals surface area contributed by atoms with Crippen molar-refractivity contribution in [1.82, 2.24) is 0 Å². The van der Waals surface area contributed by atoms with Crippen LogP contribution in [0.1, 0.15) is 21.2 Å². The molecule has 0 unspecified atom stereocenters. The van der Waals surface area contributed by atoms with Gasteiger partial charge in [-0.3, -0.25) is 0 Å². The van der Waals surface area contributed by atoms with Gasteiger partial charge in [0.25, 0.3) is 0 Å². The molecular formula is C4H10BK. The molecule has 0 atom stereocenters. The first kappa shape index (κ1) is 10.6. The van der Waals surface area contributed by atoms with Crippen LogP contribution in [0.25, 0.3) is 0 Å². The van der Waals surface area contributed by atoms with Gasteiger partial charge in [-0.2, -0.15) is 0 Å². The first-order valence-corrected chi connectivity index (χ1v) is 2.12. The van der Waals surface area contributed by atoms with E-state index in [1.165, 1.54) is 12.8 Å². The number of unbranched alkanes of at least 4 members (excludes halogenated alkanes) is 1. The molecule has 0 heterocycles. The molecule has 0 aliphatic carbocycles. The largest absolute Gasteiger partial charge is 1.00 e. The molecule has 0 aromatic carbocycles. The van der Waals surface area contributed by atoms with E-state index in [1.807, 2.05) is 0 Å². The Kier molecular flexibility index (Phi) is 17.5. The fraction of sp³-hybridized carbons (Fsp3) is 1.00. The molecule has 0 fully saturated rings. The minimum Gasteiger partial charge on any atom is -1.00 e. The van der Waals surface area contributed by atoms with E-state index in [0.29, 0.717) is 0 Å². The van der Waals surface area contributed by atoms with E-state index in [0.717, 1.165) is 6.32 Å². The van der Waals surface area contributed by atoms with Crippen molar-refractivity contribution >= 4 is 7.85 Å². The quantitative estimate of drug-likeness (QED) is 0.377. The third-order valence-electron chi connectivity index (χ3n) is 0.558. The van der Waals surface area contributed by atoms with Gasteiger partial charge < -0.3 is 1.43 Å². The van der Waals surface area contributed by atoms with Crippen molar-refractivity contribution in [3.05, 3.63) is 0 Å². The van der Waals surface area contributed by atoms with Gasteiger partial charge in [-0.15, -0.1) is 0 Å². The van der Waals surface area contributed by atoms with Crippen LogP contribution in [0.2, 0.25) is 6.32 Å². The Morgan fingerprint density at radius 1 is 1.67 bits per heavy atom. The number of rotatable bonds is 2. The fourth-order valence-electron chi connectivity index (χ4n) is 0.204.